The highest BCUT2D eigenvalue weighted by Gasteiger charge is 2.10. The molecule has 3 nitrogen and oxygen atoms in total. The number of hydrogen-bond donors (Lipinski definition) is 3. The second kappa shape index (κ2) is 6.28. The summed E-state index contributed by atoms with van der Waals surface area (Å²) in [7, 11) is 1.97. The predicted molar refractivity (Wildman–Crippen MR) is 74.2 cm³/mol. The molecule has 1 rings (SSSR count). The zero-order valence-electron chi connectivity index (χ0n) is 11.3. The topological polar surface area (TPSA) is 47.9 Å². The fourth-order valence-electron chi connectivity index (χ4n) is 1.91. The van der Waals surface area contributed by atoms with Crippen molar-refractivity contribution in [1.29, 1.82) is 5.41 Å². The van der Waals surface area contributed by atoms with E-state index in [1.54, 1.807) is 0 Å². The van der Waals surface area contributed by atoms with Crippen molar-refractivity contribution in [3.8, 4) is 0 Å². The van der Waals surface area contributed by atoms with E-state index in [1.807, 2.05) is 14.0 Å². The van der Waals surface area contributed by atoms with Crippen LogP contribution >= 0.6 is 0 Å². The van der Waals surface area contributed by atoms with E-state index in [9.17, 15) is 0 Å². The van der Waals surface area contributed by atoms with Gasteiger partial charge in [0.2, 0.25) is 0 Å². The van der Waals surface area contributed by atoms with Gasteiger partial charge >= 0.3 is 0 Å². The van der Waals surface area contributed by atoms with Crippen molar-refractivity contribution in [3.05, 3.63) is 34.7 Å². The Morgan fingerprint density at radius 2 is 2.18 bits per heavy atom. The zero-order chi connectivity index (χ0) is 12.8. The van der Waals surface area contributed by atoms with Crippen molar-refractivity contribution in [1.82, 2.24) is 10.6 Å². The molecule has 0 unspecified atom stereocenters. The summed E-state index contributed by atoms with van der Waals surface area (Å²) in [6.45, 7) is 6.70. The molecule has 0 radical (unpaired) electrons. The van der Waals surface area contributed by atoms with E-state index in [2.05, 4.69) is 36.6 Å². The molecular formula is C14H23N3. The lowest BCUT2D eigenvalue weighted by molar-refractivity contribution is 0.855. The van der Waals surface area contributed by atoms with Gasteiger partial charge in [-0.25, -0.2) is 0 Å². The van der Waals surface area contributed by atoms with Gasteiger partial charge in [0.25, 0.3) is 0 Å². The maximum absolute atomic E-state index is 7.45. The average Bonchev–Trinajstić information content (AvgIpc) is 2.30. The molecule has 94 valence electrons. The van der Waals surface area contributed by atoms with Crippen LogP contribution in [0.1, 0.15) is 33.6 Å². The van der Waals surface area contributed by atoms with E-state index < -0.39 is 0 Å². The molecule has 1 aliphatic rings. The number of rotatable bonds is 5. The summed E-state index contributed by atoms with van der Waals surface area (Å²) < 4.78 is 0. The van der Waals surface area contributed by atoms with Crippen molar-refractivity contribution in [2.75, 3.05) is 13.6 Å². The van der Waals surface area contributed by atoms with Crippen molar-refractivity contribution in [2.45, 2.75) is 33.6 Å². The molecule has 0 aromatic heterocycles. The smallest absolute Gasteiger partial charge is 0.0524 e. The highest BCUT2D eigenvalue weighted by molar-refractivity contribution is 5.80. The SMILES string of the molecule is CC/C(NC)=C1\C=C(NCC(C)=N)C(C)=CC1. The lowest BCUT2D eigenvalue weighted by atomic mass is 9.97. The van der Waals surface area contributed by atoms with Gasteiger partial charge in [-0.15, -0.1) is 0 Å². The lowest BCUT2D eigenvalue weighted by Gasteiger charge is -2.19. The van der Waals surface area contributed by atoms with Gasteiger partial charge in [-0.2, -0.15) is 0 Å². The van der Waals surface area contributed by atoms with E-state index in [1.165, 1.54) is 16.8 Å². The summed E-state index contributed by atoms with van der Waals surface area (Å²) in [4.78, 5) is 0. The third-order valence-electron chi connectivity index (χ3n) is 2.96. The Morgan fingerprint density at radius 3 is 2.71 bits per heavy atom. The van der Waals surface area contributed by atoms with Gasteiger partial charge in [-0.3, -0.25) is 0 Å². The van der Waals surface area contributed by atoms with Crippen LogP contribution in [0.3, 0.4) is 0 Å². The van der Waals surface area contributed by atoms with Gasteiger partial charge in [0.15, 0.2) is 0 Å². The first-order valence-electron chi connectivity index (χ1n) is 6.15. The number of hydrogen-bond acceptors (Lipinski definition) is 3. The lowest BCUT2D eigenvalue weighted by Crippen LogP contribution is -2.22. The molecule has 3 heteroatoms. The van der Waals surface area contributed by atoms with Crippen LogP contribution in [0.2, 0.25) is 0 Å². The molecule has 0 atom stereocenters. The van der Waals surface area contributed by atoms with Crippen LogP contribution in [0.5, 0.6) is 0 Å². The first kappa shape index (κ1) is 13.6. The normalized spacial score (nSPS) is 18.1. The minimum absolute atomic E-state index is 0.616. The first-order chi connectivity index (χ1) is 8.08. The minimum atomic E-state index is 0.616. The second-order valence-corrected chi connectivity index (χ2v) is 4.39. The summed E-state index contributed by atoms with van der Waals surface area (Å²) in [6, 6.07) is 0. The molecule has 0 saturated heterocycles. The van der Waals surface area contributed by atoms with Crippen LogP contribution < -0.4 is 10.6 Å². The molecule has 0 aromatic carbocycles. The quantitative estimate of drug-likeness (QED) is 0.639. The molecule has 0 saturated carbocycles. The van der Waals surface area contributed by atoms with Crippen molar-refractivity contribution < 1.29 is 0 Å². The largest absolute Gasteiger partial charge is 0.391 e. The van der Waals surface area contributed by atoms with E-state index >= 15 is 0 Å². The van der Waals surface area contributed by atoms with Gasteiger partial charge in [-0.1, -0.05) is 13.0 Å². The molecule has 0 aliphatic heterocycles. The van der Waals surface area contributed by atoms with Crippen LogP contribution in [0, 0.1) is 5.41 Å². The van der Waals surface area contributed by atoms with E-state index in [-0.39, 0.29) is 0 Å². The van der Waals surface area contributed by atoms with Gasteiger partial charge in [0.1, 0.15) is 0 Å². The molecule has 3 N–H and O–H groups in total. The predicted octanol–water partition coefficient (Wildman–Crippen LogP) is 2.73. The van der Waals surface area contributed by atoms with Gasteiger partial charge < -0.3 is 16.0 Å². The molecule has 17 heavy (non-hydrogen) atoms. The Bertz CT molecular complexity index is 380. The second-order valence-electron chi connectivity index (χ2n) is 4.39. The third kappa shape index (κ3) is 3.77. The first-order valence-corrected chi connectivity index (χ1v) is 6.15. The molecule has 0 bridgehead atoms. The molecule has 0 heterocycles. The molecule has 0 spiro atoms. The molecule has 0 amide bonds. The Labute approximate surface area is 104 Å². The van der Waals surface area contributed by atoms with Crippen LogP contribution in [0.25, 0.3) is 0 Å². The minimum Gasteiger partial charge on any atom is -0.391 e. The number of nitrogens with one attached hydrogen (secondary N) is 3. The third-order valence-corrected chi connectivity index (χ3v) is 2.96. The van der Waals surface area contributed by atoms with Crippen LogP contribution in [-0.2, 0) is 0 Å². The van der Waals surface area contributed by atoms with Crippen molar-refractivity contribution >= 4 is 5.71 Å². The van der Waals surface area contributed by atoms with Crippen LogP contribution in [0.4, 0.5) is 0 Å². The molecule has 0 aromatic rings. The van der Waals surface area contributed by atoms with Crippen LogP contribution in [0.15, 0.2) is 34.7 Å². The van der Waals surface area contributed by atoms with Crippen LogP contribution in [-0.4, -0.2) is 19.3 Å². The Hall–Kier alpha value is -1.51. The van der Waals surface area contributed by atoms with Crippen molar-refractivity contribution in [2.24, 2.45) is 0 Å². The Balaban J connectivity index is 2.88. The fourth-order valence-corrected chi connectivity index (χ4v) is 1.91. The Morgan fingerprint density at radius 1 is 1.47 bits per heavy atom. The highest BCUT2D eigenvalue weighted by atomic mass is 14.9. The maximum Gasteiger partial charge on any atom is 0.0524 e. The summed E-state index contributed by atoms with van der Waals surface area (Å²) in [5.74, 6) is 0. The van der Waals surface area contributed by atoms with Gasteiger partial charge in [0.05, 0.1) is 6.54 Å². The fraction of sp³-hybridized carbons (Fsp3) is 0.500. The average molecular weight is 233 g/mol. The molecular weight excluding hydrogens is 210 g/mol. The van der Waals surface area contributed by atoms with E-state index in [0.717, 1.165) is 18.5 Å². The van der Waals surface area contributed by atoms with Crippen molar-refractivity contribution in [3.63, 3.8) is 0 Å². The van der Waals surface area contributed by atoms with E-state index in [4.69, 9.17) is 5.41 Å². The summed E-state index contributed by atoms with van der Waals surface area (Å²) in [5.41, 5.74) is 5.69. The highest BCUT2D eigenvalue weighted by Crippen LogP contribution is 2.23. The van der Waals surface area contributed by atoms with Gasteiger partial charge in [0, 0.05) is 24.2 Å². The molecule has 0 fully saturated rings. The molecule has 1 aliphatic carbocycles. The standard InChI is InChI=1S/C14H23N3/c1-5-13(16-4)12-7-6-10(2)14(8-12)17-9-11(3)15/h6,8,15-17H,5,7,9H2,1-4H3/b13-12+,15-11?. The summed E-state index contributed by atoms with van der Waals surface area (Å²) in [6.07, 6.45) is 6.45. The van der Waals surface area contributed by atoms with E-state index in [0.29, 0.717) is 12.3 Å². The Kier molecular flexibility index (Phi) is 5.01. The maximum atomic E-state index is 7.45. The number of allylic oxidation sites excluding steroid dienone is 5. The van der Waals surface area contributed by atoms with Gasteiger partial charge in [-0.05, 0) is 43.9 Å². The summed E-state index contributed by atoms with van der Waals surface area (Å²) >= 11 is 0. The zero-order valence-corrected chi connectivity index (χ0v) is 11.3. The monoisotopic (exact) mass is 233 g/mol. The summed E-state index contributed by atoms with van der Waals surface area (Å²) in [5, 5.41) is 14.0.